The molecule has 0 amide bonds. The number of aromatic carboxylic acids is 1. The van der Waals surface area contributed by atoms with Crippen molar-refractivity contribution >= 4 is 5.97 Å². The molecule has 0 bridgehead atoms. The summed E-state index contributed by atoms with van der Waals surface area (Å²) in [5.74, 6) is -0.762. The third-order valence-electron chi connectivity index (χ3n) is 2.57. The molecule has 0 aromatic carbocycles. The lowest BCUT2D eigenvalue weighted by molar-refractivity contribution is 0.0649. The van der Waals surface area contributed by atoms with Crippen LogP contribution in [0.5, 0.6) is 0 Å². The van der Waals surface area contributed by atoms with Crippen LogP contribution in [-0.2, 0) is 0 Å². The van der Waals surface area contributed by atoms with Crippen LogP contribution in [0.1, 0.15) is 34.9 Å². The number of aromatic nitrogens is 1. The van der Waals surface area contributed by atoms with E-state index < -0.39 is 5.97 Å². The topological polar surface area (TPSA) is 75.4 Å². The smallest absolute Gasteiger partial charge is 0.375 e. The summed E-state index contributed by atoms with van der Waals surface area (Å²) in [4.78, 5) is 10.8. The van der Waals surface area contributed by atoms with Crippen molar-refractivity contribution in [3.8, 4) is 0 Å². The standard InChI is InChI=1S/C9H12N2O3/c12-9(13)8-7(5-11-14-8)6-1-3-10-4-2-6/h5-6,10H,1-4H2,(H,12,13). The Kier molecular flexibility index (Phi) is 2.49. The Balaban J connectivity index is 2.21. The van der Waals surface area contributed by atoms with Crippen molar-refractivity contribution in [3.63, 3.8) is 0 Å². The number of nitrogens with one attached hydrogen (secondary N) is 1. The fraction of sp³-hybridized carbons (Fsp3) is 0.556. The quantitative estimate of drug-likeness (QED) is 0.733. The molecule has 1 aromatic heterocycles. The SMILES string of the molecule is O=C(O)c1oncc1C1CCNCC1. The summed E-state index contributed by atoms with van der Waals surface area (Å²) >= 11 is 0. The number of carbonyl (C=O) groups is 1. The predicted molar refractivity (Wildman–Crippen MR) is 48.3 cm³/mol. The molecule has 0 saturated carbocycles. The Morgan fingerprint density at radius 1 is 1.57 bits per heavy atom. The van der Waals surface area contributed by atoms with E-state index in [1.165, 1.54) is 6.20 Å². The van der Waals surface area contributed by atoms with Gasteiger partial charge in [0, 0.05) is 5.56 Å². The summed E-state index contributed by atoms with van der Waals surface area (Å²) in [7, 11) is 0. The zero-order valence-electron chi connectivity index (χ0n) is 7.69. The van der Waals surface area contributed by atoms with Gasteiger partial charge in [-0.25, -0.2) is 4.79 Å². The molecule has 2 heterocycles. The number of rotatable bonds is 2. The number of nitrogens with zero attached hydrogens (tertiary/aromatic N) is 1. The van der Waals surface area contributed by atoms with Crippen molar-refractivity contribution in [1.29, 1.82) is 0 Å². The summed E-state index contributed by atoms with van der Waals surface area (Å²) in [5.41, 5.74) is 0.735. The molecule has 0 radical (unpaired) electrons. The van der Waals surface area contributed by atoms with Crippen LogP contribution in [0.2, 0.25) is 0 Å². The van der Waals surface area contributed by atoms with E-state index in [0.29, 0.717) is 0 Å². The maximum atomic E-state index is 10.8. The van der Waals surface area contributed by atoms with Crippen molar-refractivity contribution in [3.05, 3.63) is 17.5 Å². The van der Waals surface area contributed by atoms with Gasteiger partial charge in [0.15, 0.2) is 0 Å². The highest BCUT2D eigenvalue weighted by Crippen LogP contribution is 2.27. The van der Waals surface area contributed by atoms with E-state index in [1.54, 1.807) is 0 Å². The second-order valence-corrected chi connectivity index (χ2v) is 3.44. The fourth-order valence-electron chi connectivity index (χ4n) is 1.83. The Hall–Kier alpha value is -1.36. The molecule has 0 atom stereocenters. The lowest BCUT2D eigenvalue weighted by atomic mass is 9.91. The van der Waals surface area contributed by atoms with Gasteiger partial charge in [-0.2, -0.15) is 0 Å². The van der Waals surface area contributed by atoms with Gasteiger partial charge in [0.1, 0.15) is 0 Å². The van der Waals surface area contributed by atoms with Gasteiger partial charge in [0.2, 0.25) is 5.76 Å². The summed E-state index contributed by atoms with van der Waals surface area (Å²) in [6, 6.07) is 0. The van der Waals surface area contributed by atoms with Gasteiger partial charge < -0.3 is 14.9 Å². The number of carboxylic acids is 1. The Bertz CT molecular complexity index is 329. The molecular weight excluding hydrogens is 184 g/mol. The summed E-state index contributed by atoms with van der Waals surface area (Å²) < 4.78 is 4.71. The molecule has 1 aliphatic heterocycles. The maximum Gasteiger partial charge on any atom is 0.375 e. The van der Waals surface area contributed by atoms with E-state index >= 15 is 0 Å². The minimum atomic E-state index is -1.03. The third kappa shape index (κ3) is 1.63. The van der Waals surface area contributed by atoms with E-state index in [2.05, 4.69) is 10.5 Å². The summed E-state index contributed by atoms with van der Waals surface area (Å²) in [5, 5.41) is 15.6. The molecule has 2 N–H and O–H groups in total. The minimum absolute atomic E-state index is 0.00287. The van der Waals surface area contributed by atoms with Gasteiger partial charge in [0.05, 0.1) is 6.20 Å². The van der Waals surface area contributed by atoms with Crippen LogP contribution in [-0.4, -0.2) is 29.3 Å². The molecule has 0 aliphatic carbocycles. The van der Waals surface area contributed by atoms with Crippen molar-refractivity contribution in [2.24, 2.45) is 0 Å². The van der Waals surface area contributed by atoms with Crippen LogP contribution in [0.25, 0.3) is 0 Å². The van der Waals surface area contributed by atoms with E-state index in [9.17, 15) is 4.79 Å². The average molecular weight is 196 g/mol. The molecule has 1 aliphatic rings. The van der Waals surface area contributed by atoms with E-state index in [-0.39, 0.29) is 11.7 Å². The van der Waals surface area contributed by atoms with Crippen LogP contribution < -0.4 is 5.32 Å². The summed E-state index contributed by atoms with van der Waals surface area (Å²) in [6.07, 6.45) is 3.42. The van der Waals surface area contributed by atoms with Gasteiger partial charge >= 0.3 is 5.97 Å². The second kappa shape index (κ2) is 3.79. The highest BCUT2D eigenvalue weighted by molar-refractivity contribution is 5.86. The van der Waals surface area contributed by atoms with E-state index in [4.69, 9.17) is 9.63 Å². The largest absolute Gasteiger partial charge is 0.475 e. The molecule has 1 saturated heterocycles. The molecule has 76 valence electrons. The Morgan fingerprint density at radius 2 is 2.29 bits per heavy atom. The average Bonchev–Trinajstić information content (AvgIpc) is 2.67. The number of hydrogen-bond acceptors (Lipinski definition) is 4. The molecule has 2 rings (SSSR count). The Labute approximate surface area is 81.1 Å². The number of piperidine rings is 1. The monoisotopic (exact) mass is 196 g/mol. The van der Waals surface area contributed by atoms with Gasteiger partial charge in [0.25, 0.3) is 0 Å². The van der Waals surface area contributed by atoms with Crippen LogP contribution in [0.3, 0.4) is 0 Å². The zero-order chi connectivity index (χ0) is 9.97. The number of hydrogen-bond donors (Lipinski definition) is 2. The first-order valence-electron chi connectivity index (χ1n) is 4.67. The Morgan fingerprint density at radius 3 is 2.93 bits per heavy atom. The summed E-state index contributed by atoms with van der Waals surface area (Å²) in [6.45, 7) is 1.85. The molecule has 5 heteroatoms. The van der Waals surface area contributed by atoms with Gasteiger partial charge in [-0.05, 0) is 31.8 Å². The first kappa shape index (κ1) is 9.21. The van der Waals surface area contributed by atoms with Gasteiger partial charge in [-0.1, -0.05) is 5.16 Å². The first-order valence-corrected chi connectivity index (χ1v) is 4.67. The molecule has 5 nitrogen and oxygen atoms in total. The van der Waals surface area contributed by atoms with Crippen LogP contribution in [0.4, 0.5) is 0 Å². The highest BCUT2D eigenvalue weighted by Gasteiger charge is 2.24. The normalized spacial score (nSPS) is 18.3. The van der Waals surface area contributed by atoms with Gasteiger partial charge in [-0.3, -0.25) is 0 Å². The van der Waals surface area contributed by atoms with E-state index in [0.717, 1.165) is 31.5 Å². The molecule has 1 aromatic rings. The molecule has 1 fully saturated rings. The highest BCUT2D eigenvalue weighted by atomic mass is 16.5. The maximum absolute atomic E-state index is 10.8. The van der Waals surface area contributed by atoms with E-state index in [1.807, 2.05) is 0 Å². The predicted octanol–water partition coefficient (Wildman–Crippen LogP) is 0.840. The zero-order valence-corrected chi connectivity index (χ0v) is 7.69. The molecule has 0 spiro atoms. The van der Waals surface area contributed by atoms with Crippen molar-refractivity contribution in [1.82, 2.24) is 10.5 Å². The van der Waals surface area contributed by atoms with Crippen LogP contribution in [0.15, 0.2) is 10.7 Å². The van der Waals surface area contributed by atoms with Crippen molar-refractivity contribution < 1.29 is 14.4 Å². The molecular formula is C9H12N2O3. The number of carboxylic acid groups (broad SMARTS) is 1. The lowest BCUT2D eigenvalue weighted by Gasteiger charge is -2.21. The lowest BCUT2D eigenvalue weighted by Crippen LogP contribution is -2.27. The fourth-order valence-corrected chi connectivity index (χ4v) is 1.83. The second-order valence-electron chi connectivity index (χ2n) is 3.44. The molecule has 14 heavy (non-hydrogen) atoms. The first-order chi connectivity index (χ1) is 6.79. The minimum Gasteiger partial charge on any atom is -0.475 e. The van der Waals surface area contributed by atoms with Crippen LogP contribution in [0, 0.1) is 0 Å². The van der Waals surface area contributed by atoms with Gasteiger partial charge in [-0.15, -0.1) is 0 Å². The third-order valence-corrected chi connectivity index (χ3v) is 2.57. The molecule has 0 unspecified atom stereocenters. The van der Waals surface area contributed by atoms with Crippen molar-refractivity contribution in [2.45, 2.75) is 18.8 Å². The van der Waals surface area contributed by atoms with Crippen molar-refractivity contribution in [2.75, 3.05) is 13.1 Å². The van der Waals surface area contributed by atoms with Crippen LogP contribution >= 0.6 is 0 Å².